The van der Waals surface area contributed by atoms with Gasteiger partial charge in [-0.05, 0) is 18.4 Å². The lowest BCUT2D eigenvalue weighted by Crippen LogP contribution is -2.37. The number of hydrogen-bond donors (Lipinski definition) is 2. The third-order valence-electron chi connectivity index (χ3n) is 4.97. The first kappa shape index (κ1) is 15.4. The molecule has 0 saturated heterocycles. The lowest BCUT2D eigenvalue weighted by atomic mass is 9.80. The Morgan fingerprint density at radius 1 is 1.14 bits per heavy atom. The molecule has 3 atom stereocenters. The van der Waals surface area contributed by atoms with Gasteiger partial charge in [0.1, 0.15) is 17.3 Å². The molecule has 0 aromatic carbocycles. The number of aliphatic hydroxyl groups is 2. The van der Waals surface area contributed by atoms with E-state index in [2.05, 4.69) is 6.08 Å². The molecule has 0 aromatic rings. The first-order chi connectivity index (χ1) is 10.6. The van der Waals surface area contributed by atoms with Crippen molar-refractivity contribution in [2.75, 3.05) is 20.8 Å². The third kappa shape index (κ3) is 2.88. The van der Waals surface area contributed by atoms with Gasteiger partial charge in [0.25, 0.3) is 0 Å². The predicted octanol–water partition coefficient (Wildman–Crippen LogP) is 3.15. The molecule has 0 amide bonds. The lowest BCUT2D eigenvalue weighted by Gasteiger charge is -2.38. The highest BCUT2D eigenvalue weighted by Crippen LogP contribution is 2.39. The number of allylic oxidation sites excluding steroid dienone is 1. The van der Waals surface area contributed by atoms with E-state index in [0.29, 0.717) is 30.8 Å². The maximum Gasteiger partial charge on any atom is 0.137 e. The fourth-order valence-electron chi connectivity index (χ4n) is 3.62. The number of fused-ring (bicyclic) bond motifs is 1. The Morgan fingerprint density at radius 3 is 2.64 bits per heavy atom. The molecule has 1 aliphatic heterocycles. The molecule has 0 spiro atoms. The number of hydrogen-bond acceptors (Lipinski definition) is 5. The minimum Gasteiger partial charge on any atom is -0.508 e. The Labute approximate surface area is 130 Å². The first-order valence-electron chi connectivity index (χ1n) is 7.83. The summed E-state index contributed by atoms with van der Waals surface area (Å²) in [4.78, 5) is 0. The summed E-state index contributed by atoms with van der Waals surface area (Å²) in [7, 11) is 3.36. The molecule has 1 heterocycles. The van der Waals surface area contributed by atoms with Gasteiger partial charge in [-0.2, -0.15) is 0 Å². The van der Waals surface area contributed by atoms with Gasteiger partial charge in [0.05, 0.1) is 32.3 Å². The second-order valence-electron chi connectivity index (χ2n) is 6.23. The van der Waals surface area contributed by atoms with Gasteiger partial charge in [0.2, 0.25) is 0 Å². The zero-order valence-electron chi connectivity index (χ0n) is 13.2. The molecule has 5 nitrogen and oxygen atoms in total. The second kappa shape index (κ2) is 6.34. The Kier molecular flexibility index (Phi) is 4.45. The van der Waals surface area contributed by atoms with E-state index in [1.807, 2.05) is 0 Å². The maximum absolute atomic E-state index is 9.85. The van der Waals surface area contributed by atoms with Crippen LogP contribution in [-0.2, 0) is 14.2 Å². The Morgan fingerprint density at radius 2 is 1.91 bits per heavy atom. The minimum absolute atomic E-state index is 0.00333. The summed E-state index contributed by atoms with van der Waals surface area (Å²) in [5.74, 6) is 1.13. The van der Waals surface area contributed by atoms with Gasteiger partial charge in [-0.25, -0.2) is 0 Å². The molecule has 0 bridgehead atoms. The normalized spacial score (nSPS) is 32.6. The Balaban J connectivity index is 1.80. The molecule has 3 unspecified atom stereocenters. The zero-order valence-corrected chi connectivity index (χ0v) is 13.2. The van der Waals surface area contributed by atoms with Crippen molar-refractivity contribution >= 4 is 0 Å². The number of rotatable bonds is 3. The van der Waals surface area contributed by atoms with Crippen molar-refractivity contribution in [1.29, 1.82) is 0 Å². The summed E-state index contributed by atoms with van der Waals surface area (Å²) < 4.78 is 16.9. The summed E-state index contributed by atoms with van der Waals surface area (Å²) in [5.41, 5.74) is 2.03. The van der Waals surface area contributed by atoms with Crippen molar-refractivity contribution in [3.8, 4) is 0 Å². The summed E-state index contributed by atoms with van der Waals surface area (Å²) >= 11 is 0. The highest BCUT2D eigenvalue weighted by Gasteiger charge is 2.34. The van der Waals surface area contributed by atoms with E-state index in [1.165, 1.54) is 0 Å². The van der Waals surface area contributed by atoms with E-state index in [4.69, 9.17) is 14.2 Å². The van der Waals surface area contributed by atoms with E-state index in [1.54, 1.807) is 14.2 Å². The fourth-order valence-corrected chi connectivity index (χ4v) is 3.62. The van der Waals surface area contributed by atoms with Crippen molar-refractivity contribution in [1.82, 2.24) is 0 Å². The highest BCUT2D eigenvalue weighted by atomic mass is 16.5. The zero-order chi connectivity index (χ0) is 15.7. The van der Waals surface area contributed by atoms with Crippen LogP contribution in [0, 0.1) is 5.92 Å². The number of aliphatic hydroxyl groups excluding tert-OH is 2. The van der Waals surface area contributed by atoms with Gasteiger partial charge in [-0.15, -0.1) is 0 Å². The summed E-state index contributed by atoms with van der Waals surface area (Å²) in [6.07, 6.45) is 6.37. The van der Waals surface area contributed by atoms with Crippen molar-refractivity contribution in [3.63, 3.8) is 0 Å². The summed E-state index contributed by atoms with van der Waals surface area (Å²) in [5, 5.41) is 19.5. The van der Waals surface area contributed by atoms with E-state index in [0.717, 1.165) is 30.4 Å². The molecular formula is C17H24O5. The average molecular weight is 308 g/mol. The van der Waals surface area contributed by atoms with Crippen molar-refractivity contribution < 1.29 is 24.4 Å². The van der Waals surface area contributed by atoms with E-state index in [-0.39, 0.29) is 24.0 Å². The monoisotopic (exact) mass is 308 g/mol. The van der Waals surface area contributed by atoms with Crippen LogP contribution in [-0.4, -0.2) is 43.2 Å². The highest BCUT2D eigenvalue weighted by molar-refractivity contribution is 5.41. The lowest BCUT2D eigenvalue weighted by molar-refractivity contribution is -0.0493. The second-order valence-corrected chi connectivity index (χ2v) is 6.23. The van der Waals surface area contributed by atoms with E-state index < -0.39 is 0 Å². The van der Waals surface area contributed by atoms with Gasteiger partial charge in [-0.3, -0.25) is 0 Å². The van der Waals surface area contributed by atoms with Crippen LogP contribution in [0.15, 0.2) is 34.5 Å². The fraction of sp³-hybridized carbons (Fsp3) is 0.647. The van der Waals surface area contributed by atoms with Crippen LogP contribution < -0.4 is 0 Å². The molecule has 2 N–H and O–H groups in total. The van der Waals surface area contributed by atoms with Crippen LogP contribution >= 0.6 is 0 Å². The van der Waals surface area contributed by atoms with Gasteiger partial charge in [0, 0.05) is 31.4 Å². The average Bonchev–Trinajstić information content (AvgIpc) is 2.55. The topological polar surface area (TPSA) is 68.2 Å². The number of ether oxygens (including phenoxy) is 3. The van der Waals surface area contributed by atoms with E-state index in [9.17, 15) is 10.2 Å². The standard InChI is InChI=1S/C17H24O5/c1-20-12-4-3-10-5-11(9-22-16(10)6-12)13-7-14(18)15(19)8-17(13)21-2/h5,10,12,16,18-19H,3-4,6-9H2,1-2H3. The van der Waals surface area contributed by atoms with Gasteiger partial charge < -0.3 is 24.4 Å². The van der Waals surface area contributed by atoms with E-state index >= 15 is 0 Å². The van der Waals surface area contributed by atoms with Gasteiger partial charge >= 0.3 is 0 Å². The minimum atomic E-state index is -0.00333. The first-order valence-corrected chi connectivity index (χ1v) is 7.83. The quantitative estimate of drug-likeness (QED) is 0.838. The van der Waals surface area contributed by atoms with Crippen LogP contribution in [0.2, 0.25) is 0 Å². The molecule has 5 heteroatoms. The molecule has 3 aliphatic rings. The van der Waals surface area contributed by atoms with Gasteiger partial charge in [0.15, 0.2) is 0 Å². The summed E-state index contributed by atoms with van der Waals surface area (Å²) in [6, 6.07) is 0. The molecule has 3 rings (SSSR count). The summed E-state index contributed by atoms with van der Waals surface area (Å²) in [6.45, 7) is 0.522. The molecule has 122 valence electrons. The van der Waals surface area contributed by atoms with Crippen LogP contribution in [0.1, 0.15) is 32.1 Å². The molecular weight excluding hydrogens is 284 g/mol. The Hall–Kier alpha value is -1.46. The molecule has 0 aromatic heterocycles. The molecule has 0 radical (unpaired) electrons. The largest absolute Gasteiger partial charge is 0.508 e. The predicted molar refractivity (Wildman–Crippen MR) is 81.5 cm³/mol. The SMILES string of the molecule is COC1=C(C2=CC3CCC(OC)CC3OC2)CC(O)=C(O)C1. The van der Waals surface area contributed by atoms with Crippen LogP contribution in [0.3, 0.4) is 0 Å². The van der Waals surface area contributed by atoms with Crippen LogP contribution in [0.25, 0.3) is 0 Å². The molecule has 2 aliphatic carbocycles. The number of methoxy groups -OCH3 is 2. The van der Waals surface area contributed by atoms with Crippen molar-refractivity contribution in [2.24, 2.45) is 5.92 Å². The van der Waals surface area contributed by atoms with Gasteiger partial charge in [-0.1, -0.05) is 6.08 Å². The molecule has 1 saturated carbocycles. The van der Waals surface area contributed by atoms with Crippen molar-refractivity contribution in [3.05, 3.63) is 34.5 Å². The molecule has 1 fully saturated rings. The smallest absolute Gasteiger partial charge is 0.137 e. The van der Waals surface area contributed by atoms with Crippen LogP contribution in [0.5, 0.6) is 0 Å². The van der Waals surface area contributed by atoms with Crippen LogP contribution in [0.4, 0.5) is 0 Å². The molecule has 22 heavy (non-hydrogen) atoms. The third-order valence-corrected chi connectivity index (χ3v) is 4.97. The van der Waals surface area contributed by atoms with Crippen molar-refractivity contribution in [2.45, 2.75) is 44.3 Å². The Bertz CT molecular complexity index is 531. The maximum atomic E-state index is 9.85.